The van der Waals surface area contributed by atoms with E-state index in [9.17, 15) is 4.79 Å². The van der Waals surface area contributed by atoms with Crippen LogP contribution in [0.3, 0.4) is 0 Å². The molecule has 0 unspecified atom stereocenters. The van der Waals surface area contributed by atoms with Crippen LogP contribution >= 0.6 is 0 Å². The number of rotatable bonds is 6. The minimum absolute atomic E-state index is 0.0860. The third kappa shape index (κ3) is 5.39. The topological polar surface area (TPSA) is 41.6 Å². The lowest BCUT2D eigenvalue weighted by Crippen LogP contribution is -2.49. The molecule has 4 nitrogen and oxygen atoms in total. The Kier molecular flexibility index (Phi) is 7.01. The summed E-state index contributed by atoms with van der Waals surface area (Å²) in [6.07, 6.45) is 5.68. The second kappa shape index (κ2) is 8.34. The quantitative estimate of drug-likeness (QED) is 0.777. The lowest BCUT2D eigenvalue weighted by molar-refractivity contribution is 0.0523. The zero-order valence-corrected chi connectivity index (χ0v) is 11.2. The first-order chi connectivity index (χ1) is 8.27. The van der Waals surface area contributed by atoms with E-state index in [-0.39, 0.29) is 6.03 Å². The molecule has 0 aromatic heterocycles. The fourth-order valence-electron chi connectivity index (χ4n) is 2.12. The van der Waals surface area contributed by atoms with Crippen LogP contribution in [0.4, 0.5) is 4.79 Å². The summed E-state index contributed by atoms with van der Waals surface area (Å²) in [6.45, 7) is 7.13. The van der Waals surface area contributed by atoms with Crippen LogP contribution in [-0.2, 0) is 4.74 Å². The van der Waals surface area contributed by atoms with E-state index >= 15 is 0 Å². The molecule has 1 aliphatic rings. The van der Waals surface area contributed by atoms with Gasteiger partial charge in [0.25, 0.3) is 0 Å². The normalized spacial score (nSPS) is 17.9. The van der Waals surface area contributed by atoms with Gasteiger partial charge in [0.2, 0.25) is 0 Å². The average Bonchev–Trinajstić information content (AvgIpc) is 2.37. The molecule has 1 aliphatic heterocycles. The average molecular weight is 242 g/mol. The summed E-state index contributed by atoms with van der Waals surface area (Å²) in [5.41, 5.74) is 0. The number of carbonyl (C=O) groups excluding carboxylic acids is 1. The molecule has 1 fully saturated rings. The van der Waals surface area contributed by atoms with Crippen molar-refractivity contribution in [3.8, 4) is 0 Å². The maximum atomic E-state index is 12.0. The van der Waals surface area contributed by atoms with E-state index in [1.807, 2.05) is 4.90 Å². The van der Waals surface area contributed by atoms with Crippen molar-refractivity contribution in [1.29, 1.82) is 0 Å². The standard InChI is InChI=1S/C13H26N2O2/c1-3-5-7-12(6-4-2)14-13(16)15-8-10-17-11-9-15/h12H,3-11H2,1-2H3,(H,14,16)/t12-/m1/s1. The summed E-state index contributed by atoms with van der Waals surface area (Å²) < 4.78 is 5.25. The molecule has 1 atom stereocenters. The van der Waals surface area contributed by atoms with Crippen molar-refractivity contribution in [2.75, 3.05) is 26.3 Å². The van der Waals surface area contributed by atoms with Gasteiger partial charge in [0.05, 0.1) is 13.2 Å². The Hall–Kier alpha value is -0.770. The molecule has 0 aromatic carbocycles. The first-order valence-corrected chi connectivity index (χ1v) is 6.91. The molecule has 1 rings (SSSR count). The van der Waals surface area contributed by atoms with Gasteiger partial charge in [0.15, 0.2) is 0 Å². The highest BCUT2D eigenvalue weighted by Gasteiger charge is 2.19. The minimum atomic E-state index is 0.0860. The van der Waals surface area contributed by atoms with Crippen LogP contribution in [-0.4, -0.2) is 43.3 Å². The van der Waals surface area contributed by atoms with Gasteiger partial charge < -0.3 is 15.0 Å². The Labute approximate surface area is 105 Å². The lowest BCUT2D eigenvalue weighted by atomic mass is 10.1. The highest BCUT2D eigenvalue weighted by Crippen LogP contribution is 2.08. The molecule has 1 saturated heterocycles. The van der Waals surface area contributed by atoms with Gasteiger partial charge in [-0.25, -0.2) is 4.79 Å². The van der Waals surface area contributed by atoms with Crippen LogP contribution < -0.4 is 5.32 Å². The van der Waals surface area contributed by atoms with E-state index in [4.69, 9.17) is 4.74 Å². The van der Waals surface area contributed by atoms with Crippen molar-refractivity contribution in [3.05, 3.63) is 0 Å². The van der Waals surface area contributed by atoms with Gasteiger partial charge in [-0.05, 0) is 12.8 Å². The summed E-state index contributed by atoms with van der Waals surface area (Å²) in [7, 11) is 0. The van der Waals surface area contributed by atoms with Gasteiger partial charge >= 0.3 is 6.03 Å². The Morgan fingerprint density at radius 2 is 1.94 bits per heavy atom. The second-order valence-electron chi connectivity index (χ2n) is 4.68. The van der Waals surface area contributed by atoms with Crippen LogP contribution in [0.2, 0.25) is 0 Å². The molecule has 0 spiro atoms. The molecular formula is C13H26N2O2. The summed E-state index contributed by atoms with van der Waals surface area (Å²) in [5.74, 6) is 0. The zero-order valence-electron chi connectivity index (χ0n) is 11.2. The number of carbonyl (C=O) groups is 1. The number of urea groups is 1. The molecular weight excluding hydrogens is 216 g/mol. The molecule has 0 radical (unpaired) electrons. The Bertz CT molecular complexity index is 215. The number of nitrogens with one attached hydrogen (secondary N) is 1. The predicted molar refractivity (Wildman–Crippen MR) is 69.1 cm³/mol. The number of amides is 2. The fraction of sp³-hybridized carbons (Fsp3) is 0.923. The highest BCUT2D eigenvalue weighted by molar-refractivity contribution is 5.74. The third-order valence-corrected chi connectivity index (χ3v) is 3.17. The SMILES string of the molecule is CCCC[C@@H](CCC)NC(=O)N1CCOCC1. The Balaban J connectivity index is 2.33. The van der Waals surface area contributed by atoms with Gasteiger partial charge in [0.1, 0.15) is 0 Å². The molecule has 0 saturated carbocycles. The van der Waals surface area contributed by atoms with E-state index in [1.165, 1.54) is 12.8 Å². The molecule has 17 heavy (non-hydrogen) atoms. The van der Waals surface area contributed by atoms with Gasteiger partial charge in [0, 0.05) is 19.1 Å². The van der Waals surface area contributed by atoms with Crippen molar-refractivity contribution >= 4 is 6.03 Å². The van der Waals surface area contributed by atoms with Crippen LogP contribution in [0.25, 0.3) is 0 Å². The van der Waals surface area contributed by atoms with Gasteiger partial charge in [-0.1, -0.05) is 33.1 Å². The maximum Gasteiger partial charge on any atom is 0.317 e. The number of morpholine rings is 1. The van der Waals surface area contributed by atoms with E-state index in [0.717, 1.165) is 32.4 Å². The van der Waals surface area contributed by atoms with Crippen LogP contribution in [0.15, 0.2) is 0 Å². The van der Waals surface area contributed by atoms with E-state index in [1.54, 1.807) is 0 Å². The van der Waals surface area contributed by atoms with Gasteiger partial charge in [-0.15, -0.1) is 0 Å². The van der Waals surface area contributed by atoms with Crippen LogP contribution in [0.5, 0.6) is 0 Å². The fourth-order valence-corrected chi connectivity index (χ4v) is 2.12. The Morgan fingerprint density at radius 3 is 2.53 bits per heavy atom. The molecule has 1 N–H and O–H groups in total. The van der Waals surface area contributed by atoms with E-state index < -0.39 is 0 Å². The smallest absolute Gasteiger partial charge is 0.317 e. The van der Waals surface area contributed by atoms with Crippen molar-refractivity contribution in [3.63, 3.8) is 0 Å². The molecule has 0 aromatic rings. The Morgan fingerprint density at radius 1 is 1.24 bits per heavy atom. The van der Waals surface area contributed by atoms with Crippen molar-refractivity contribution < 1.29 is 9.53 Å². The number of ether oxygens (including phenoxy) is 1. The summed E-state index contributed by atoms with van der Waals surface area (Å²) >= 11 is 0. The lowest BCUT2D eigenvalue weighted by Gasteiger charge is -2.29. The van der Waals surface area contributed by atoms with Gasteiger partial charge in [-0.2, -0.15) is 0 Å². The van der Waals surface area contributed by atoms with Crippen molar-refractivity contribution in [2.45, 2.75) is 52.0 Å². The molecule has 0 bridgehead atoms. The number of hydrogen-bond acceptors (Lipinski definition) is 2. The monoisotopic (exact) mass is 242 g/mol. The molecule has 100 valence electrons. The number of unbranched alkanes of at least 4 members (excludes halogenated alkanes) is 1. The number of hydrogen-bond donors (Lipinski definition) is 1. The molecule has 1 heterocycles. The first-order valence-electron chi connectivity index (χ1n) is 6.91. The summed E-state index contributed by atoms with van der Waals surface area (Å²) in [5, 5.41) is 3.15. The minimum Gasteiger partial charge on any atom is -0.378 e. The maximum absolute atomic E-state index is 12.0. The summed E-state index contributed by atoms with van der Waals surface area (Å²) in [4.78, 5) is 13.9. The van der Waals surface area contributed by atoms with Crippen LogP contribution in [0, 0.1) is 0 Å². The molecule has 0 aliphatic carbocycles. The summed E-state index contributed by atoms with van der Waals surface area (Å²) in [6, 6.07) is 0.429. The van der Waals surface area contributed by atoms with Crippen molar-refractivity contribution in [1.82, 2.24) is 10.2 Å². The van der Waals surface area contributed by atoms with E-state index in [0.29, 0.717) is 19.3 Å². The highest BCUT2D eigenvalue weighted by atomic mass is 16.5. The second-order valence-corrected chi connectivity index (χ2v) is 4.68. The van der Waals surface area contributed by atoms with Gasteiger partial charge in [-0.3, -0.25) is 0 Å². The molecule has 2 amide bonds. The largest absolute Gasteiger partial charge is 0.378 e. The zero-order chi connectivity index (χ0) is 12.5. The third-order valence-electron chi connectivity index (χ3n) is 3.17. The van der Waals surface area contributed by atoms with E-state index in [2.05, 4.69) is 19.2 Å². The van der Waals surface area contributed by atoms with Crippen molar-refractivity contribution in [2.24, 2.45) is 0 Å². The number of nitrogens with zero attached hydrogens (tertiary/aromatic N) is 1. The van der Waals surface area contributed by atoms with Crippen LogP contribution in [0.1, 0.15) is 46.0 Å². The molecule has 4 heteroatoms. The first kappa shape index (κ1) is 14.3. The predicted octanol–water partition coefficient (Wildman–Crippen LogP) is 2.39.